The second kappa shape index (κ2) is 11.3. The maximum absolute atomic E-state index is 11.7. The third-order valence-electron chi connectivity index (χ3n) is 3.29. The molecule has 0 radical (unpaired) electrons. The van der Waals surface area contributed by atoms with Crippen LogP contribution in [0.1, 0.15) is 38.2 Å². The zero-order chi connectivity index (χ0) is 15.3. The molecule has 0 amide bonds. The van der Waals surface area contributed by atoms with Gasteiger partial charge in [0.05, 0.1) is 13.2 Å². The number of hydrogen-bond acceptors (Lipinski definition) is 4. The van der Waals surface area contributed by atoms with Crippen molar-refractivity contribution in [1.29, 1.82) is 0 Å². The van der Waals surface area contributed by atoms with E-state index in [-0.39, 0.29) is 12.6 Å². The molecule has 0 saturated carbocycles. The lowest BCUT2D eigenvalue weighted by Crippen LogP contribution is -2.31. The summed E-state index contributed by atoms with van der Waals surface area (Å²) in [5.41, 5.74) is 1.21. The Morgan fingerprint density at radius 2 is 1.86 bits per heavy atom. The molecule has 1 aromatic carbocycles. The van der Waals surface area contributed by atoms with Crippen molar-refractivity contribution in [3.8, 4) is 0 Å². The molecule has 0 heterocycles. The molecule has 0 aliphatic rings. The number of aliphatic hydroxyl groups is 1. The summed E-state index contributed by atoms with van der Waals surface area (Å²) in [6, 6.07) is 10.2. The Hall–Kier alpha value is -1.39. The minimum atomic E-state index is -0.163. The molecule has 0 spiro atoms. The Morgan fingerprint density at radius 3 is 2.52 bits per heavy atom. The van der Waals surface area contributed by atoms with Gasteiger partial charge in [-0.25, -0.2) is 0 Å². The summed E-state index contributed by atoms with van der Waals surface area (Å²) in [7, 11) is 0. The van der Waals surface area contributed by atoms with Gasteiger partial charge in [-0.05, 0) is 31.9 Å². The van der Waals surface area contributed by atoms with Gasteiger partial charge in [0, 0.05) is 13.2 Å². The van der Waals surface area contributed by atoms with E-state index in [2.05, 4.69) is 17.0 Å². The lowest BCUT2D eigenvalue weighted by Gasteiger charge is -2.21. The van der Waals surface area contributed by atoms with Gasteiger partial charge < -0.3 is 9.84 Å². The van der Waals surface area contributed by atoms with E-state index in [0.717, 1.165) is 38.8 Å². The summed E-state index contributed by atoms with van der Waals surface area (Å²) in [6.45, 7) is 4.49. The monoisotopic (exact) mass is 293 g/mol. The molecule has 118 valence electrons. The molecule has 4 heteroatoms. The lowest BCUT2D eigenvalue weighted by molar-refractivity contribution is -0.144. The van der Waals surface area contributed by atoms with Crippen LogP contribution in [0.5, 0.6) is 0 Å². The van der Waals surface area contributed by atoms with Gasteiger partial charge in [0.1, 0.15) is 0 Å². The summed E-state index contributed by atoms with van der Waals surface area (Å²) in [6.07, 6.45) is 4.01. The van der Waals surface area contributed by atoms with E-state index in [1.807, 2.05) is 25.1 Å². The second-order valence-electron chi connectivity index (χ2n) is 5.14. The molecule has 0 bridgehead atoms. The number of aliphatic hydroxyl groups excluding tert-OH is 1. The van der Waals surface area contributed by atoms with Crippen LogP contribution in [0.2, 0.25) is 0 Å². The molecular weight excluding hydrogens is 266 g/mol. The van der Waals surface area contributed by atoms with Crippen molar-refractivity contribution in [1.82, 2.24) is 4.90 Å². The summed E-state index contributed by atoms with van der Waals surface area (Å²) in [5, 5.41) is 8.78. The number of benzene rings is 1. The van der Waals surface area contributed by atoms with Crippen molar-refractivity contribution in [2.24, 2.45) is 0 Å². The van der Waals surface area contributed by atoms with Gasteiger partial charge >= 0.3 is 5.97 Å². The number of rotatable bonds is 11. The standard InChI is InChI=1S/C17H27NO3/c1-2-21-17(20)15-18(12-8-3-4-9-13-19)14-16-10-6-5-7-11-16/h5-7,10-11,19H,2-4,8-9,12-15H2,1H3. The van der Waals surface area contributed by atoms with Crippen LogP contribution in [0.4, 0.5) is 0 Å². The first-order valence-electron chi connectivity index (χ1n) is 7.79. The number of carbonyl (C=O) groups excluding carboxylic acids is 1. The van der Waals surface area contributed by atoms with Gasteiger partial charge in [-0.3, -0.25) is 9.69 Å². The van der Waals surface area contributed by atoms with E-state index in [4.69, 9.17) is 9.84 Å². The van der Waals surface area contributed by atoms with Crippen LogP contribution in [-0.2, 0) is 16.1 Å². The van der Waals surface area contributed by atoms with Gasteiger partial charge in [-0.1, -0.05) is 43.2 Å². The molecule has 0 atom stereocenters. The summed E-state index contributed by atoms with van der Waals surface area (Å²) < 4.78 is 5.04. The molecule has 4 nitrogen and oxygen atoms in total. The highest BCUT2D eigenvalue weighted by Crippen LogP contribution is 2.08. The minimum absolute atomic E-state index is 0.163. The molecule has 21 heavy (non-hydrogen) atoms. The third kappa shape index (κ3) is 8.48. The highest BCUT2D eigenvalue weighted by atomic mass is 16.5. The number of esters is 1. The largest absolute Gasteiger partial charge is 0.465 e. The number of nitrogens with zero attached hydrogens (tertiary/aromatic N) is 1. The molecule has 0 aliphatic heterocycles. The number of ether oxygens (including phenoxy) is 1. The van der Waals surface area contributed by atoms with E-state index in [1.165, 1.54) is 5.56 Å². The first-order chi connectivity index (χ1) is 10.3. The average molecular weight is 293 g/mol. The van der Waals surface area contributed by atoms with Crippen molar-refractivity contribution in [2.75, 3.05) is 26.3 Å². The number of unbranched alkanes of at least 4 members (excludes halogenated alkanes) is 3. The Balaban J connectivity index is 2.43. The van der Waals surface area contributed by atoms with Crippen LogP contribution in [0, 0.1) is 0 Å². The van der Waals surface area contributed by atoms with Crippen LogP contribution in [0.3, 0.4) is 0 Å². The van der Waals surface area contributed by atoms with Crippen LogP contribution < -0.4 is 0 Å². The highest BCUT2D eigenvalue weighted by molar-refractivity contribution is 5.71. The smallest absolute Gasteiger partial charge is 0.320 e. The number of carbonyl (C=O) groups is 1. The van der Waals surface area contributed by atoms with Crippen molar-refractivity contribution < 1.29 is 14.6 Å². The molecule has 0 aliphatic carbocycles. The van der Waals surface area contributed by atoms with Crippen molar-refractivity contribution in [3.05, 3.63) is 35.9 Å². The lowest BCUT2D eigenvalue weighted by atomic mass is 10.1. The van der Waals surface area contributed by atoms with Gasteiger partial charge in [0.25, 0.3) is 0 Å². The topological polar surface area (TPSA) is 49.8 Å². The summed E-state index contributed by atoms with van der Waals surface area (Å²) in [4.78, 5) is 13.8. The minimum Gasteiger partial charge on any atom is -0.465 e. The fraction of sp³-hybridized carbons (Fsp3) is 0.588. The van der Waals surface area contributed by atoms with Crippen molar-refractivity contribution in [2.45, 2.75) is 39.2 Å². The molecule has 1 N–H and O–H groups in total. The van der Waals surface area contributed by atoms with E-state index >= 15 is 0 Å². The average Bonchev–Trinajstić information content (AvgIpc) is 2.48. The first kappa shape index (κ1) is 17.7. The normalized spacial score (nSPS) is 10.8. The molecule has 0 aromatic heterocycles. The first-order valence-corrected chi connectivity index (χ1v) is 7.79. The molecule has 0 fully saturated rings. The zero-order valence-electron chi connectivity index (χ0n) is 13.0. The summed E-state index contributed by atoms with van der Waals surface area (Å²) >= 11 is 0. The van der Waals surface area contributed by atoms with Gasteiger partial charge in [-0.2, -0.15) is 0 Å². The van der Waals surface area contributed by atoms with E-state index < -0.39 is 0 Å². The zero-order valence-corrected chi connectivity index (χ0v) is 13.0. The van der Waals surface area contributed by atoms with Gasteiger partial charge in [-0.15, -0.1) is 0 Å². The quantitative estimate of drug-likeness (QED) is 0.503. The van der Waals surface area contributed by atoms with E-state index in [0.29, 0.717) is 13.2 Å². The number of hydrogen-bond donors (Lipinski definition) is 1. The maximum atomic E-state index is 11.7. The van der Waals surface area contributed by atoms with Crippen molar-refractivity contribution >= 4 is 5.97 Å². The van der Waals surface area contributed by atoms with Crippen LogP contribution in [-0.4, -0.2) is 42.3 Å². The fourth-order valence-corrected chi connectivity index (χ4v) is 2.25. The fourth-order valence-electron chi connectivity index (χ4n) is 2.25. The van der Waals surface area contributed by atoms with Gasteiger partial charge in [0.15, 0.2) is 0 Å². The molecule has 0 unspecified atom stereocenters. The van der Waals surface area contributed by atoms with Crippen LogP contribution in [0.25, 0.3) is 0 Å². The van der Waals surface area contributed by atoms with Crippen molar-refractivity contribution in [3.63, 3.8) is 0 Å². The Morgan fingerprint density at radius 1 is 1.14 bits per heavy atom. The third-order valence-corrected chi connectivity index (χ3v) is 3.29. The van der Waals surface area contributed by atoms with Crippen LogP contribution >= 0.6 is 0 Å². The molecule has 1 aromatic rings. The molecule has 1 rings (SSSR count). The Kier molecular flexibility index (Phi) is 9.49. The predicted octanol–water partition coefficient (Wildman–Crippen LogP) is 2.60. The predicted molar refractivity (Wildman–Crippen MR) is 83.9 cm³/mol. The molecule has 0 saturated heterocycles. The second-order valence-corrected chi connectivity index (χ2v) is 5.14. The maximum Gasteiger partial charge on any atom is 0.320 e. The van der Waals surface area contributed by atoms with E-state index in [1.54, 1.807) is 0 Å². The SMILES string of the molecule is CCOC(=O)CN(CCCCCCO)Cc1ccccc1. The van der Waals surface area contributed by atoms with E-state index in [9.17, 15) is 4.79 Å². The van der Waals surface area contributed by atoms with Crippen LogP contribution in [0.15, 0.2) is 30.3 Å². The Labute approximate surface area is 127 Å². The Bertz CT molecular complexity index is 381. The van der Waals surface area contributed by atoms with Gasteiger partial charge in [0.2, 0.25) is 0 Å². The highest BCUT2D eigenvalue weighted by Gasteiger charge is 2.11. The summed E-state index contributed by atoms with van der Waals surface area (Å²) in [5.74, 6) is -0.163. The molecular formula is C17H27NO3.